The van der Waals surface area contributed by atoms with Crippen molar-refractivity contribution < 1.29 is 91.4 Å². The summed E-state index contributed by atoms with van der Waals surface area (Å²) in [7, 11) is 4.85. The third-order valence-electron chi connectivity index (χ3n) is 22.7. The summed E-state index contributed by atoms with van der Waals surface area (Å²) in [5.74, 6) is -26.7. The molecule has 0 spiro atoms. The maximum atomic E-state index is 15.8. The van der Waals surface area contributed by atoms with Crippen LogP contribution in [0.3, 0.4) is 0 Å². The molecule has 58 heteroatoms. The molecule has 0 saturated carbocycles. The number of fused-ring (bicyclic) bond motifs is 15. The van der Waals surface area contributed by atoms with Gasteiger partial charge in [-0.1, -0.05) is 157 Å². The molecule has 1 aromatic carbocycles. The number of hydrogen-bond donors (Lipinski definition) is 34. The average Bonchev–Trinajstić information content (AvgIpc) is 0.924. The molecule has 4 aliphatic heterocycles. The molecule has 0 aliphatic carbocycles. The minimum absolute atomic E-state index is 0.00214. The van der Waals surface area contributed by atoms with Crippen LogP contribution in [0.2, 0.25) is 0 Å². The van der Waals surface area contributed by atoms with Gasteiger partial charge in [0.1, 0.15) is 103 Å². The largest absolute Gasteiger partial charge is 0.391 e. The highest BCUT2D eigenvalue weighted by Crippen LogP contribution is 2.29. The fraction of sp³-hybridized carbons (Fsp3) is 0.663. The second-order valence-electron chi connectivity index (χ2n) is 36.0. The molecule has 39 N–H and O–H groups in total. The molecule has 144 heavy (non-hydrogen) atoms. The summed E-state index contributed by atoms with van der Waals surface area (Å²) >= 11 is 0. The molecule has 6 bridgehead atoms. The van der Waals surface area contributed by atoms with E-state index in [-0.39, 0.29) is 129 Å². The highest BCUT2D eigenvalue weighted by atomic mass is 33.1. The highest BCUT2D eigenvalue weighted by molar-refractivity contribution is 8.77. The van der Waals surface area contributed by atoms with Crippen molar-refractivity contribution in [3.63, 3.8) is 0 Å². The van der Waals surface area contributed by atoms with Crippen molar-refractivity contribution in [2.24, 2.45) is 52.3 Å². The topological polar surface area (TPSA) is 854 Å². The molecule has 1 aromatic rings. The predicted molar refractivity (Wildman–Crippen MR) is 551 cm³/mol. The average molecular weight is 2140 g/mol. The van der Waals surface area contributed by atoms with Crippen LogP contribution in [0.4, 0.5) is 0 Å². The third-order valence-corrected chi connectivity index (χ3v) is 30.0. The number of carbonyl (C=O) groups excluding carboxylic acids is 18. The molecular formula is C86H145N33O19S6. The first-order chi connectivity index (χ1) is 68.1. The summed E-state index contributed by atoms with van der Waals surface area (Å²) in [5, 5.41) is 112. The Kier molecular flexibility index (Phi) is 54.5. The first-order valence-electron chi connectivity index (χ1n) is 47.4. The number of aliphatic hydroxyl groups is 1. The summed E-state index contributed by atoms with van der Waals surface area (Å²) in [6.45, 7) is 13.2. The number of benzene rings is 1. The van der Waals surface area contributed by atoms with E-state index >= 15 is 62.3 Å². The van der Waals surface area contributed by atoms with Gasteiger partial charge in [-0.05, 0) is 113 Å². The number of nitrogens with two attached hydrogens (primary N) is 5. The van der Waals surface area contributed by atoms with Gasteiger partial charge in [-0.3, -0.25) is 113 Å². The van der Waals surface area contributed by atoms with Crippen molar-refractivity contribution in [3.8, 4) is 0 Å². The Morgan fingerprint density at radius 1 is 0.319 bits per heavy atom. The Morgan fingerprint density at radius 3 is 0.889 bits per heavy atom. The van der Waals surface area contributed by atoms with Crippen molar-refractivity contribution in [1.29, 1.82) is 27.0 Å². The van der Waals surface area contributed by atoms with Crippen molar-refractivity contribution in [3.05, 3.63) is 35.9 Å². The molecule has 52 nitrogen and oxygen atoms in total. The molecule has 19 atom stereocenters. The van der Waals surface area contributed by atoms with Crippen LogP contribution in [-0.2, 0) is 92.7 Å². The molecule has 4 aliphatic rings. The van der Waals surface area contributed by atoms with Crippen molar-refractivity contribution in [2.45, 2.75) is 261 Å². The Labute approximate surface area is 859 Å². The molecule has 18 amide bonds. The van der Waals surface area contributed by atoms with E-state index < -0.39 is 304 Å². The molecule has 804 valence electrons. The van der Waals surface area contributed by atoms with Crippen LogP contribution in [0.25, 0.3) is 0 Å². The summed E-state index contributed by atoms with van der Waals surface area (Å²) in [5.41, 5.74) is 28.7. The highest BCUT2D eigenvalue weighted by Gasteiger charge is 2.43. The predicted octanol–water partition coefficient (Wildman–Crippen LogP) is -7.72. The second-order valence-corrected chi connectivity index (χ2v) is 43.7. The van der Waals surface area contributed by atoms with Gasteiger partial charge in [0.2, 0.25) is 106 Å². The van der Waals surface area contributed by atoms with Crippen molar-refractivity contribution in [1.82, 2.24) is 122 Å². The Hall–Kier alpha value is -11.9. The molecule has 4 saturated heterocycles. The quantitative estimate of drug-likeness (QED) is 0.0147. The second kappa shape index (κ2) is 64.1. The van der Waals surface area contributed by atoms with Crippen LogP contribution in [0, 0.1) is 50.7 Å². The summed E-state index contributed by atoms with van der Waals surface area (Å²) in [6, 6.07) is -20.4. The van der Waals surface area contributed by atoms with Gasteiger partial charge in [0.05, 0.1) is 12.6 Å². The van der Waals surface area contributed by atoms with Crippen molar-refractivity contribution in [2.75, 3.05) is 73.8 Å². The number of nitrogens with one attached hydrogen (secondary N) is 28. The summed E-state index contributed by atoms with van der Waals surface area (Å²) in [6.07, 6.45) is -3.66. The number of guanidine groups is 5. The van der Waals surface area contributed by atoms with E-state index in [1.165, 1.54) is 0 Å². The molecule has 4 fully saturated rings. The Morgan fingerprint density at radius 2 is 0.569 bits per heavy atom. The molecular weight excluding hydrogens is 1990 g/mol. The smallest absolute Gasteiger partial charge is 0.245 e. The van der Waals surface area contributed by atoms with Crippen LogP contribution in [0.1, 0.15) is 151 Å². The lowest BCUT2D eigenvalue weighted by Crippen LogP contribution is -2.63. The van der Waals surface area contributed by atoms with E-state index in [1.54, 1.807) is 85.7 Å². The van der Waals surface area contributed by atoms with E-state index in [9.17, 15) is 29.1 Å². The van der Waals surface area contributed by atoms with Crippen LogP contribution < -0.4 is 151 Å². The number of rotatable bonds is 30. The van der Waals surface area contributed by atoms with Gasteiger partial charge in [-0.25, -0.2) is 0 Å². The van der Waals surface area contributed by atoms with Gasteiger partial charge in [-0.2, -0.15) is 0 Å². The number of hydrogen-bond acceptors (Lipinski definition) is 30. The van der Waals surface area contributed by atoms with Crippen LogP contribution in [-0.4, -0.2) is 324 Å². The molecule has 4 heterocycles. The van der Waals surface area contributed by atoms with Crippen molar-refractivity contribution >= 4 is 201 Å². The third kappa shape index (κ3) is 45.2. The molecule has 0 aromatic heterocycles. The zero-order chi connectivity index (χ0) is 107. The normalized spacial score (nSPS) is 26.2. The fourth-order valence-electron chi connectivity index (χ4n) is 14.7. The summed E-state index contributed by atoms with van der Waals surface area (Å²) in [4.78, 5) is 274. The Bertz CT molecular complexity index is 4600. The van der Waals surface area contributed by atoms with E-state index in [2.05, 4.69) is 122 Å². The zero-order valence-corrected chi connectivity index (χ0v) is 87.0. The van der Waals surface area contributed by atoms with Crippen LogP contribution in [0.5, 0.6) is 0 Å². The van der Waals surface area contributed by atoms with E-state index in [0.29, 0.717) is 5.56 Å². The zero-order valence-electron chi connectivity index (χ0n) is 82.1. The van der Waals surface area contributed by atoms with E-state index in [1.807, 2.05) is 0 Å². The minimum Gasteiger partial charge on any atom is -0.391 e. The van der Waals surface area contributed by atoms with Gasteiger partial charge in [-0.15, -0.1) is 0 Å². The lowest BCUT2D eigenvalue weighted by molar-refractivity contribution is -0.137. The van der Waals surface area contributed by atoms with E-state index in [4.69, 9.17) is 55.7 Å². The van der Waals surface area contributed by atoms with Gasteiger partial charge >= 0.3 is 0 Å². The SMILES string of the molecule is CC[C@H](C)[C@@H]1NC(=O)[C@@H]2CSSC[C@H](NC(=O)[C@H](CCCNC(=N)N)NC(=O)[C@@H]3CSSC[C@H](NC1=O)C(=O)N[C@@H]([C@@H](C)O)C(=O)N[C@@H](CCCNC(=N)N)C(=O)NCC(=O)N[C@@H](Cc1ccccc1)C(=O)N3)C(=O)N[C@@H](CC(C)C)C(=O)N[C@H]1CSSC[C@H](NC(=O)[C@H](C(C)C)NC(=O)[C@H](CC(C)C)NC(=O)[C@H](CCCNC(=N)N)NC(=O)[C@H](CCCNC(=N)N)NC1=O)C(=O)N[C@@H](CCCNC(=N)N)C(=O)N2. The monoisotopic (exact) mass is 2140 g/mol. The van der Waals surface area contributed by atoms with E-state index in [0.717, 1.165) is 71.7 Å². The van der Waals surface area contributed by atoms with Crippen LogP contribution in [0.15, 0.2) is 30.3 Å². The lowest BCUT2D eigenvalue weighted by Gasteiger charge is -2.31. The van der Waals surface area contributed by atoms with Gasteiger partial charge in [0.15, 0.2) is 29.8 Å². The maximum Gasteiger partial charge on any atom is 0.245 e. The number of amides is 18. The first-order valence-corrected chi connectivity index (χ1v) is 54.9. The van der Waals surface area contributed by atoms with Gasteiger partial charge in [0, 0.05) is 73.7 Å². The number of carbonyl (C=O) groups is 18. The van der Waals surface area contributed by atoms with Gasteiger partial charge < -0.3 is 156 Å². The molecule has 5 rings (SSSR count). The molecule has 0 unspecified atom stereocenters. The van der Waals surface area contributed by atoms with Gasteiger partial charge in [0.25, 0.3) is 0 Å². The molecule has 0 radical (unpaired) electrons. The first kappa shape index (κ1) is 123. The standard InChI is InChI=1S/C86H145N33O19S6/c1-10-44(8)63-80(137)116-60-40-144-140-36-56(114-71(128)54(33-46-19-12-11-13-20-46)103-61(121)34-102-65(122)47(21-14-26-97-82(87)88)108-81(138)64(45(9)120)119-78(60)135)74(131)106-50(24-17-29-100-85(93)94)68(125)111-57-37-141-143-39-59(77(134)118-63)112-69(126)51(25-18-30-101-86(95)96)107-75(132)58-38-142-139-35-55(113-70(127)52(31-41(2)3)110-76(57)133)73(130)105-48(22-15-27-98-83(89)90)66(123)104-49(23-16-28-99-84(91)92)67(124)109-53(32-42(4)5)72(129)117-62(43(6)7)79(136)115-58/h11-13,19-20,41-45,47-60,62-64,120H,10,14-18,21-40H2,1-9H3,(H,102,122)(H,103,121)(H,104,123)(H,105,130)(H,106,131)(H,107,132)(H,108,138)(H,109,124)(H,110,133)(H,111,125)(H,112,126)(H,113,127)(H,114,128)(H,115,136)(H,116,137)(H,117,129)(H,118,134)(H,119,135)(H4,87,88,97)(H4,89,90,98)(H4,91,92,99)(H4,93,94,100)(H4,95,96,101)/t44-,45+,47-,48-,49-,50-,51-,52-,53-,54-,55-,56-,57-,58-,59-,60-,62-,63-,64-/m0/s1. The fourth-order valence-corrected chi connectivity index (χ4v) is 21.7. The maximum absolute atomic E-state index is 15.8. The number of aliphatic hydroxyl groups excluding tert-OH is 1. The lowest BCUT2D eigenvalue weighted by atomic mass is 9.97. The van der Waals surface area contributed by atoms with Crippen LogP contribution >= 0.6 is 64.8 Å². The summed E-state index contributed by atoms with van der Waals surface area (Å²) < 4.78 is 0. The Balaban J connectivity index is 1.89. The minimum atomic E-state index is -1.94.